The molecule has 9 heteroatoms. The third-order valence-electron chi connectivity index (χ3n) is 1.47. The zero-order valence-electron chi connectivity index (χ0n) is 6.78. The summed E-state index contributed by atoms with van der Waals surface area (Å²) in [4.78, 5) is 9.48. The second-order valence-corrected chi connectivity index (χ2v) is 6.55. The fourth-order valence-corrected chi connectivity index (χ4v) is 4.91. The van der Waals surface area contributed by atoms with Crippen molar-refractivity contribution in [2.45, 2.75) is 4.90 Å². The minimum absolute atomic E-state index is 0.162. The van der Waals surface area contributed by atoms with E-state index in [4.69, 9.17) is 10.7 Å². The largest absolute Gasteiger partial charge is 0.284 e. The fourth-order valence-electron chi connectivity index (χ4n) is 0.887. The fraction of sp³-hybridized carbons (Fsp3) is 0. The molecule has 0 bridgehead atoms. The van der Waals surface area contributed by atoms with Gasteiger partial charge in [-0.1, -0.05) is 0 Å². The Balaban J connectivity index is 3.66. The molecule has 0 aliphatic rings. The molecule has 0 aromatic heterocycles. The number of nitrogens with zero attached hydrogens (tertiary/aromatic N) is 1. The van der Waals surface area contributed by atoms with Gasteiger partial charge in [-0.2, -0.15) is 0 Å². The number of nitro benzene ring substituents is 1. The molecular weight excluding hydrogens is 377 g/mol. The van der Waals surface area contributed by atoms with Crippen molar-refractivity contribution in [2.24, 2.45) is 0 Å². The molecule has 0 aliphatic heterocycles. The summed E-state index contributed by atoms with van der Waals surface area (Å²) in [5, 5.41) is 10.5. The van der Waals surface area contributed by atoms with Crippen molar-refractivity contribution < 1.29 is 13.3 Å². The van der Waals surface area contributed by atoms with E-state index in [0.717, 1.165) is 0 Å². The Morgan fingerprint density at radius 1 is 1.33 bits per heavy atom. The van der Waals surface area contributed by atoms with E-state index in [1.54, 1.807) is 0 Å². The number of hydrogen-bond donors (Lipinski definition) is 0. The Hall–Kier alpha value is -0.180. The van der Waals surface area contributed by atoms with Crippen LogP contribution >= 0.6 is 42.5 Å². The molecular formula is C6H2Br2ClNO4S. The minimum Gasteiger partial charge on any atom is -0.258 e. The van der Waals surface area contributed by atoms with Crippen molar-refractivity contribution in [1.82, 2.24) is 0 Å². The second kappa shape index (κ2) is 4.36. The summed E-state index contributed by atoms with van der Waals surface area (Å²) < 4.78 is 22.3. The lowest BCUT2D eigenvalue weighted by molar-refractivity contribution is -0.385. The molecule has 0 saturated heterocycles. The van der Waals surface area contributed by atoms with Crippen molar-refractivity contribution in [3.63, 3.8) is 0 Å². The lowest BCUT2D eigenvalue weighted by Gasteiger charge is -2.03. The molecule has 0 unspecified atom stereocenters. The highest BCUT2D eigenvalue weighted by Crippen LogP contribution is 2.38. The van der Waals surface area contributed by atoms with Gasteiger partial charge in [0.05, 0.1) is 4.92 Å². The maximum atomic E-state index is 11.1. The van der Waals surface area contributed by atoms with Crippen LogP contribution in [0.15, 0.2) is 26.0 Å². The lowest BCUT2D eigenvalue weighted by atomic mass is 10.3. The molecule has 0 spiro atoms. The summed E-state index contributed by atoms with van der Waals surface area (Å²) in [6.45, 7) is 0. The molecule has 0 N–H and O–H groups in total. The van der Waals surface area contributed by atoms with Gasteiger partial charge in [-0.25, -0.2) is 8.42 Å². The van der Waals surface area contributed by atoms with Crippen LogP contribution in [0.2, 0.25) is 0 Å². The molecule has 5 nitrogen and oxygen atoms in total. The van der Waals surface area contributed by atoms with Gasteiger partial charge in [0, 0.05) is 21.2 Å². The highest BCUT2D eigenvalue weighted by molar-refractivity contribution is 9.11. The van der Waals surface area contributed by atoms with Gasteiger partial charge in [-0.3, -0.25) is 10.1 Å². The molecule has 0 saturated carbocycles. The molecule has 0 amide bonds. The maximum absolute atomic E-state index is 11.1. The summed E-state index contributed by atoms with van der Waals surface area (Å²) in [6.07, 6.45) is 0. The van der Waals surface area contributed by atoms with Crippen LogP contribution in [0, 0.1) is 10.1 Å². The summed E-state index contributed by atoms with van der Waals surface area (Å²) in [5.41, 5.74) is -0.363. The number of halogens is 3. The summed E-state index contributed by atoms with van der Waals surface area (Å²) in [5.74, 6) is 0. The summed E-state index contributed by atoms with van der Waals surface area (Å²) in [7, 11) is 1.09. The van der Waals surface area contributed by atoms with E-state index >= 15 is 0 Å². The molecule has 0 aliphatic carbocycles. The normalized spacial score (nSPS) is 11.4. The van der Waals surface area contributed by atoms with E-state index in [9.17, 15) is 18.5 Å². The number of hydrogen-bond acceptors (Lipinski definition) is 4. The standard InChI is InChI=1S/C6H2Br2ClNO4S/c7-3-1-2-4(10(11)12)5(8)6(3)15(9,13)14/h1-2H. The first kappa shape index (κ1) is 12.9. The molecule has 1 rings (SSSR count). The predicted octanol–water partition coefficient (Wildman–Crippen LogP) is 3.05. The van der Waals surface area contributed by atoms with Crippen molar-refractivity contribution in [3.05, 3.63) is 31.2 Å². The van der Waals surface area contributed by atoms with Crippen LogP contribution < -0.4 is 0 Å². The second-order valence-electron chi connectivity index (χ2n) is 2.40. The number of nitro groups is 1. The molecule has 1 aromatic carbocycles. The minimum atomic E-state index is -4.05. The third-order valence-corrected chi connectivity index (χ3v) is 4.83. The third kappa shape index (κ3) is 2.68. The van der Waals surface area contributed by atoms with Gasteiger partial charge in [0.2, 0.25) is 0 Å². The van der Waals surface area contributed by atoms with Crippen LogP contribution in [0.5, 0.6) is 0 Å². The monoisotopic (exact) mass is 377 g/mol. The molecule has 82 valence electrons. The van der Waals surface area contributed by atoms with Crippen LogP contribution in [0.4, 0.5) is 5.69 Å². The highest BCUT2D eigenvalue weighted by Gasteiger charge is 2.25. The summed E-state index contributed by atoms with van der Waals surface area (Å²) >= 11 is 5.78. The molecule has 0 atom stereocenters. The van der Waals surface area contributed by atoms with E-state index < -0.39 is 14.0 Å². The lowest BCUT2D eigenvalue weighted by Crippen LogP contribution is -1.98. The molecule has 15 heavy (non-hydrogen) atoms. The van der Waals surface area contributed by atoms with Gasteiger partial charge in [0.15, 0.2) is 0 Å². The first-order chi connectivity index (χ1) is 6.75. The zero-order valence-corrected chi connectivity index (χ0v) is 11.5. The molecule has 1 aromatic rings. The first-order valence-corrected chi connectivity index (χ1v) is 7.21. The molecule has 0 heterocycles. The van der Waals surface area contributed by atoms with Crippen molar-refractivity contribution >= 4 is 57.3 Å². The van der Waals surface area contributed by atoms with Gasteiger partial charge < -0.3 is 0 Å². The Labute approximate surface area is 106 Å². The summed E-state index contributed by atoms with van der Waals surface area (Å²) in [6, 6.07) is 2.41. The van der Waals surface area contributed by atoms with Crippen LogP contribution in [0.1, 0.15) is 0 Å². The van der Waals surface area contributed by atoms with E-state index in [1.165, 1.54) is 12.1 Å². The van der Waals surface area contributed by atoms with Gasteiger partial charge in [-0.15, -0.1) is 0 Å². The quantitative estimate of drug-likeness (QED) is 0.450. The molecule has 0 radical (unpaired) electrons. The first-order valence-electron chi connectivity index (χ1n) is 3.32. The van der Waals surface area contributed by atoms with E-state index in [1.807, 2.05) is 0 Å². The van der Waals surface area contributed by atoms with E-state index in [-0.39, 0.29) is 19.5 Å². The highest BCUT2D eigenvalue weighted by atomic mass is 79.9. The Morgan fingerprint density at radius 3 is 2.27 bits per heavy atom. The van der Waals surface area contributed by atoms with Crippen molar-refractivity contribution in [2.75, 3.05) is 0 Å². The Kier molecular flexibility index (Phi) is 3.75. The van der Waals surface area contributed by atoms with Crippen LogP contribution in [-0.2, 0) is 9.05 Å². The maximum Gasteiger partial charge on any atom is 0.284 e. The predicted molar refractivity (Wildman–Crippen MR) is 61.5 cm³/mol. The van der Waals surface area contributed by atoms with Gasteiger partial charge in [-0.05, 0) is 37.9 Å². The van der Waals surface area contributed by atoms with Gasteiger partial charge >= 0.3 is 0 Å². The topological polar surface area (TPSA) is 77.3 Å². The number of benzene rings is 1. The molecule has 0 fully saturated rings. The smallest absolute Gasteiger partial charge is 0.258 e. The van der Waals surface area contributed by atoms with Gasteiger partial charge in [0.1, 0.15) is 9.37 Å². The Bertz CT molecular complexity index is 530. The van der Waals surface area contributed by atoms with E-state index in [0.29, 0.717) is 0 Å². The van der Waals surface area contributed by atoms with Gasteiger partial charge in [0.25, 0.3) is 14.7 Å². The average Bonchev–Trinajstić information content (AvgIpc) is 2.00. The van der Waals surface area contributed by atoms with Crippen molar-refractivity contribution in [3.8, 4) is 0 Å². The van der Waals surface area contributed by atoms with E-state index in [2.05, 4.69) is 31.9 Å². The SMILES string of the molecule is O=[N+]([O-])c1ccc(Br)c(S(=O)(=O)Cl)c1Br. The van der Waals surface area contributed by atoms with Crippen LogP contribution in [-0.4, -0.2) is 13.3 Å². The average molecular weight is 379 g/mol. The zero-order chi connectivity index (χ0) is 11.8. The van der Waals surface area contributed by atoms with Crippen LogP contribution in [0.25, 0.3) is 0 Å². The number of rotatable bonds is 2. The Morgan fingerprint density at radius 2 is 1.87 bits per heavy atom. The van der Waals surface area contributed by atoms with Crippen LogP contribution in [0.3, 0.4) is 0 Å². The van der Waals surface area contributed by atoms with Crippen molar-refractivity contribution in [1.29, 1.82) is 0 Å².